The van der Waals surface area contributed by atoms with E-state index in [0.29, 0.717) is 0 Å². The van der Waals surface area contributed by atoms with E-state index in [9.17, 15) is 9.59 Å². The number of benzene rings is 1. The topological polar surface area (TPSA) is 43.9 Å². The minimum absolute atomic E-state index is 0.0562. The molecule has 25 heavy (non-hydrogen) atoms. The van der Waals surface area contributed by atoms with Gasteiger partial charge in [-0.3, -0.25) is 9.59 Å². The molecule has 5 heteroatoms. The van der Waals surface area contributed by atoms with Crippen LogP contribution in [0.15, 0.2) is 24.3 Å². The monoisotopic (exact) mass is 343 g/mol. The zero-order valence-electron chi connectivity index (χ0n) is 15.2. The Bertz CT molecular complexity index is 585. The molecule has 136 valence electrons. The second-order valence-corrected chi connectivity index (χ2v) is 7.11. The van der Waals surface area contributed by atoms with Crippen molar-refractivity contribution >= 4 is 23.2 Å². The molecular formula is C20H29N3O2. The lowest BCUT2D eigenvalue weighted by molar-refractivity contribution is -0.131. The van der Waals surface area contributed by atoms with E-state index in [4.69, 9.17) is 0 Å². The molecule has 2 saturated heterocycles. The van der Waals surface area contributed by atoms with Crippen LogP contribution in [0.4, 0.5) is 11.4 Å². The van der Waals surface area contributed by atoms with Gasteiger partial charge in [0.05, 0.1) is 0 Å². The normalized spacial score (nSPS) is 18.1. The highest BCUT2D eigenvalue weighted by Gasteiger charge is 2.21. The summed E-state index contributed by atoms with van der Waals surface area (Å²) in [4.78, 5) is 30.6. The minimum atomic E-state index is -0.0860. The van der Waals surface area contributed by atoms with Crippen molar-refractivity contribution in [2.45, 2.75) is 45.4 Å². The van der Waals surface area contributed by atoms with Crippen molar-refractivity contribution < 1.29 is 9.59 Å². The van der Waals surface area contributed by atoms with Crippen LogP contribution >= 0.6 is 0 Å². The molecule has 2 fully saturated rings. The van der Waals surface area contributed by atoms with Gasteiger partial charge in [0.15, 0.2) is 0 Å². The summed E-state index contributed by atoms with van der Waals surface area (Å²) in [6.07, 6.45) is 7.00. The summed E-state index contributed by atoms with van der Waals surface area (Å²) >= 11 is 0. The maximum Gasteiger partial charge on any atom is 0.242 e. The number of amides is 2. The third-order valence-corrected chi connectivity index (χ3v) is 5.26. The highest BCUT2D eigenvalue weighted by atomic mass is 16.2. The highest BCUT2D eigenvalue weighted by molar-refractivity contribution is 5.97. The summed E-state index contributed by atoms with van der Waals surface area (Å²) in [5.41, 5.74) is 2.00. The number of hydrogen-bond donors (Lipinski definition) is 0. The fraction of sp³-hybridized carbons (Fsp3) is 0.600. The quantitative estimate of drug-likeness (QED) is 0.844. The van der Waals surface area contributed by atoms with Gasteiger partial charge >= 0.3 is 0 Å². The molecule has 0 bridgehead atoms. The lowest BCUT2D eigenvalue weighted by atomic mass is 10.2. The van der Waals surface area contributed by atoms with E-state index in [2.05, 4.69) is 17.0 Å². The van der Waals surface area contributed by atoms with Gasteiger partial charge in [-0.15, -0.1) is 0 Å². The predicted octanol–water partition coefficient (Wildman–Crippen LogP) is 3.04. The molecule has 2 heterocycles. The molecule has 0 atom stereocenters. The lowest BCUT2D eigenvalue weighted by Crippen LogP contribution is -2.42. The first-order chi connectivity index (χ1) is 12.1. The van der Waals surface area contributed by atoms with Crippen LogP contribution in [-0.2, 0) is 9.59 Å². The lowest BCUT2D eigenvalue weighted by Gasteiger charge is -2.26. The number of rotatable bonds is 4. The first-order valence-corrected chi connectivity index (χ1v) is 9.56. The van der Waals surface area contributed by atoms with E-state index in [1.807, 2.05) is 17.0 Å². The van der Waals surface area contributed by atoms with E-state index < -0.39 is 0 Å². The van der Waals surface area contributed by atoms with Crippen molar-refractivity contribution in [3.63, 3.8) is 0 Å². The van der Waals surface area contributed by atoms with E-state index in [-0.39, 0.29) is 18.4 Å². The molecule has 1 aromatic carbocycles. The molecule has 0 aromatic heterocycles. The first-order valence-electron chi connectivity index (χ1n) is 9.56. The van der Waals surface area contributed by atoms with E-state index in [1.165, 1.54) is 38.3 Å². The third kappa shape index (κ3) is 4.53. The average molecular weight is 343 g/mol. The van der Waals surface area contributed by atoms with Crippen molar-refractivity contribution in [3.05, 3.63) is 24.3 Å². The van der Waals surface area contributed by atoms with Crippen LogP contribution < -0.4 is 9.80 Å². The molecule has 0 unspecified atom stereocenters. The standard InChI is InChI=1S/C20H29N3O2/c1-17(24)23(16-20(25)22-14-4-2-3-5-15-22)19-10-8-18(9-11-19)21-12-6-7-13-21/h8-11H,2-7,12-16H2,1H3. The fourth-order valence-corrected chi connectivity index (χ4v) is 3.76. The Hall–Kier alpha value is -2.04. The molecule has 5 nitrogen and oxygen atoms in total. The molecule has 0 aliphatic carbocycles. The van der Waals surface area contributed by atoms with Crippen LogP contribution in [0, 0.1) is 0 Å². The van der Waals surface area contributed by atoms with Crippen LogP contribution in [0.2, 0.25) is 0 Å². The summed E-state index contributed by atoms with van der Waals surface area (Å²) in [5.74, 6) is -0.0298. The molecule has 2 aliphatic rings. The molecule has 0 radical (unpaired) electrons. The SMILES string of the molecule is CC(=O)N(CC(=O)N1CCCCCC1)c1ccc(N2CCCC2)cc1. The minimum Gasteiger partial charge on any atom is -0.372 e. The highest BCUT2D eigenvalue weighted by Crippen LogP contribution is 2.24. The molecular weight excluding hydrogens is 314 g/mol. The summed E-state index contributed by atoms with van der Waals surface area (Å²) in [6.45, 7) is 5.51. The third-order valence-electron chi connectivity index (χ3n) is 5.26. The van der Waals surface area contributed by atoms with Crippen LogP contribution in [0.1, 0.15) is 45.4 Å². The molecule has 0 N–H and O–H groups in total. The zero-order chi connectivity index (χ0) is 17.6. The van der Waals surface area contributed by atoms with E-state index in [1.54, 1.807) is 4.90 Å². The number of hydrogen-bond acceptors (Lipinski definition) is 3. The van der Waals surface area contributed by atoms with Crippen molar-refractivity contribution in [1.82, 2.24) is 4.90 Å². The molecule has 1 aromatic rings. The van der Waals surface area contributed by atoms with Crippen molar-refractivity contribution in [2.75, 3.05) is 42.5 Å². The largest absolute Gasteiger partial charge is 0.372 e. The fourth-order valence-electron chi connectivity index (χ4n) is 3.76. The van der Waals surface area contributed by atoms with Gasteiger partial charge in [0.2, 0.25) is 11.8 Å². The molecule has 0 saturated carbocycles. The Morgan fingerprint density at radius 2 is 1.44 bits per heavy atom. The van der Waals surface area contributed by atoms with Crippen LogP contribution in [0.25, 0.3) is 0 Å². The number of carbonyl (C=O) groups is 2. The van der Waals surface area contributed by atoms with E-state index in [0.717, 1.165) is 44.7 Å². The molecule has 2 amide bonds. The van der Waals surface area contributed by atoms with Gasteiger partial charge < -0.3 is 14.7 Å². The van der Waals surface area contributed by atoms with Crippen molar-refractivity contribution in [1.29, 1.82) is 0 Å². The van der Waals surface area contributed by atoms with Gasteiger partial charge in [-0.05, 0) is 49.9 Å². The number of anilines is 2. The number of likely N-dealkylation sites (tertiary alicyclic amines) is 1. The Kier molecular flexibility index (Phi) is 5.95. The second-order valence-electron chi connectivity index (χ2n) is 7.11. The summed E-state index contributed by atoms with van der Waals surface area (Å²) in [7, 11) is 0. The van der Waals surface area contributed by atoms with Crippen molar-refractivity contribution in [2.24, 2.45) is 0 Å². The summed E-state index contributed by atoms with van der Waals surface area (Å²) < 4.78 is 0. The molecule has 0 spiro atoms. The molecule has 2 aliphatic heterocycles. The van der Waals surface area contributed by atoms with Gasteiger partial charge in [0.1, 0.15) is 6.54 Å². The van der Waals surface area contributed by atoms with Gasteiger partial charge in [-0.1, -0.05) is 12.8 Å². The smallest absolute Gasteiger partial charge is 0.242 e. The van der Waals surface area contributed by atoms with Gasteiger partial charge in [0, 0.05) is 44.5 Å². The van der Waals surface area contributed by atoms with E-state index >= 15 is 0 Å². The first kappa shape index (κ1) is 17.8. The summed E-state index contributed by atoms with van der Waals surface area (Å²) in [6, 6.07) is 8.05. The van der Waals surface area contributed by atoms with Gasteiger partial charge in [-0.25, -0.2) is 0 Å². The van der Waals surface area contributed by atoms with Crippen LogP contribution in [0.5, 0.6) is 0 Å². The van der Waals surface area contributed by atoms with Crippen molar-refractivity contribution in [3.8, 4) is 0 Å². The Balaban J connectivity index is 1.67. The maximum atomic E-state index is 12.6. The van der Waals surface area contributed by atoms with Gasteiger partial charge in [0.25, 0.3) is 0 Å². The number of nitrogens with zero attached hydrogens (tertiary/aromatic N) is 3. The maximum absolute atomic E-state index is 12.6. The zero-order valence-corrected chi connectivity index (χ0v) is 15.2. The summed E-state index contributed by atoms with van der Waals surface area (Å²) in [5, 5.41) is 0. The Labute approximate surface area is 150 Å². The molecule has 3 rings (SSSR count). The average Bonchev–Trinajstić information content (AvgIpc) is 3.01. The second kappa shape index (κ2) is 8.37. The predicted molar refractivity (Wildman–Crippen MR) is 101 cm³/mol. The Morgan fingerprint density at radius 3 is 2.00 bits per heavy atom. The Morgan fingerprint density at radius 1 is 0.880 bits per heavy atom. The van der Waals surface area contributed by atoms with Gasteiger partial charge in [-0.2, -0.15) is 0 Å². The van der Waals surface area contributed by atoms with Crippen LogP contribution in [-0.4, -0.2) is 49.4 Å². The number of carbonyl (C=O) groups excluding carboxylic acids is 2. The van der Waals surface area contributed by atoms with Crippen LogP contribution in [0.3, 0.4) is 0 Å².